The average Bonchev–Trinajstić information content (AvgIpc) is 2.42. The normalized spacial score (nSPS) is 13.4. The number of hydrogen-bond donors (Lipinski definition) is 1. The molecule has 18 heavy (non-hydrogen) atoms. The SMILES string of the molecule is CCOc1ccc(C(N)C(CC)(CC)OC)cc1. The van der Waals surface area contributed by atoms with Gasteiger partial charge in [-0.3, -0.25) is 0 Å². The van der Waals surface area contributed by atoms with Crippen molar-refractivity contribution in [3.05, 3.63) is 29.8 Å². The van der Waals surface area contributed by atoms with Gasteiger partial charge in [-0.25, -0.2) is 0 Å². The highest BCUT2D eigenvalue weighted by molar-refractivity contribution is 5.30. The standard InChI is InChI=1S/C15H25NO2/c1-5-15(6-2,17-4)14(16)12-8-10-13(11-9-12)18-7-3/h8-11,14H,5-7,16H2,1-4H3. The van der Waals surface area contributed by atoms with Gasteiger partial charge >= 0.3 is 0 Å². The van der Waals surface area contributed by atoms with Crippen LogP contribution in [-0.2, 0) is 4.74 Å². The summed E-state index contributed by atoms with van der Waals surface area (Å²) in [6.45, 7) is 6.88. The van der Waals surface area contributed by atoms with Gasteiger partial charge in [0.2, 0.25) is 0 Å². The van der Waals surface area contributed by atoms with E-state index in [0.717, 1.165) is 24.2 Å². The predicted octanol–water partition coefficient (Wildman–Crippen LogP) is 3.29. The zero-order valence-corrected chi connectivity index (χ0v) is 11.9. The Morgan fingerprint density at radius 1 is 1.11 bits per heavy atom. The number of benzene rings is 1. The van der Waals surface area contributed by atoms with Crippen LogP contribution in [0.4, 0.5) is 0 Å². The first-order chi connectivity index (χ1) is 8.63. The van der Waals surface area contributed by atoms with E-state index in [0.29, 0.717) is 6.61 Å². The second kappa shape index (κ2) is 6.76. The number of hydrogen-bond acceptors (Lipinski definition) is 3. The molecule has 0 aliphatic heterocycles. The number of ether oxygens (including phenoxy) is 2. The highest BCUT2D eigenvalue weighted by Crippen LogP contribution is 2.33. The topological polar surface area (TPSA) is 44.5 Å². The van der Waals surface area contributed by atoms with Crippen molar-refractivity contribution in [3.8, 4) is 5.75 Å². The lowest BCUT2D eigenvalue weighted by molar-refractivity contribution is -0.0385. The van der Waals surface area contributed by atoms with Crippen molar-refractivity contribution >= 4 is 0 Å². The van der Waals surface area contributed by atoms with Crippen molar-refractivity contribution < 1.29 is 9.47 Å². The van der Waals surface area contributed by atoms with E-state index in [4.69, 9.17) is 15.2 Å². The molecule has 0 aromatic heterocycles. The molecule has 3 heteroatoms. The van der Waals surface area contributed by atoms with Crippen LogP contribution in [0.1, 0.15) is 45.2 Å². The smallest absolute Gasteiger partial charge is 0.119 e. The minimum atomic E-state index is -0.285. The minimum absolute atomic E-state index is 0.117. The van der Waals surface area contributed by atoms with E-state index in [1.54, 1.807) is 7.11 Å². The lowest BCUT2D eigenvalue weighted by Gasteiger charge is -2.36. The molecule has 2 N–H and O–H groups in total. The highest BCUT2D eigenvalue weighted by Gasteiger charge is 2.34. The molecule has 0 fully saturated rings. The lowest BCUT2D eigenvalue weighted by Crippen LogP contribution is -2.42. The van der Waals surface area contributed by atoms with E-state index in [1.807, 2.05) is 31.2 Å². The number of methoxy groups -OCH3 is 1. The molecule has 1 aromatic rings. The Labute approximate surface area is 110 Å². The first kappa shape index (κ1) is 15.0. The van der Waals surface area contributed by atoms with Crippen LogP contribution >= 0.6 is 0 Å². The fourth-order valence-electron chi connectivity index (χ4n) is 2.35. The molecule has 1 rings (SSSR count). The van der Waals surface area contributed by atoms with Crippen LogP contribution in [0.5, 0.6) is 5.75 Å². The molecule has 1 atom stereocenters. The molecular formula is C15H25NO2. The van der Waals surface area contributed by atoms with Crippen molar-refractivity contribution in [1.29, 1.82) is 0 Å². The first-order valence-corrected chi connectivity index (χ1v) is 6.67. The summed E-state index contributed by atoms with van der Waals surface area (Å²) in [5.74, 6) is 0.879. The third-order valence-electron chi connectivity index (χ3n) is 3.72. The summed E-state index contributed by atoms with van der Waals surface area (Å²) < 4.78 is 11.1. The second-order valence-electron chi connectivity index (χ2n) is 4.46. The van der Waals surface area contributed by atoms with Crippen LogP contribution in [0, 0.1) is 0 Å². The number of nitrogens with two attached hydrogens (primary N) is 1. The van der Waals surface area contributed by atoms with Gasteiger partial charge in [-0.05, 0) is 37.5 Å². The van der Waals surface area contributed by atoms with E-state index >= 15 is 0 Å². The maximum Gasteiger partial charge on any atom is 0.119 e. The Morgan fingerprint density at radius 3 is 2.06 bits per heavy atom. The van der Waals surface area contributed by atoms with Gasteiger partial charge in [-0.15, -0.1) is 0 Å². The summed E-state index contributed by atoms with van der Waals surface area (Å²) >= 11 is 0. The zero-order valence-electron chi connectivity index (χ0n) is 11.9. The molecule has 0 aliphatic rings. The summed E-state index contributed by atoms with van der Waals surface area (Å²) in [5.41, 5.74) is 7.17. The van der Waals surface area contributed by atoms with Crippen LogP contribution in [0.3, 0.4) is 0 Å². The zero-order chi connectivity index (χ0) is 13.6. The summed E-state index contributed by atoms with van der Waals surface area (Å²) in [5, 5.41) is 0. The van der Waals surface area contributed by atoms with Crippen LogP contribution in [0.25, 0.3) is 0 Å². The van der Waals surface area contributed by atoms with Gasteiger partial charge in [0.25, 0.3) is 0 Å². The van der Waals surface area contributed by atoms with Crippen molar-refractivity contribution in [2.45, 2.75) is 45.3 Å². The molecule has 102 valence electrons. The average molecular weight is 251 g/mol. The van der Waals surface area contributed by atoms with Gasteiger partial charge in [-0.2, -0.15) is 0 Å². The minimum Gasteiger partial charge on any atom is -0.494 e. The molecule has 0 amide bonds. The third kappa shape index (κ3) is 3.03. The molecule has 0 saturated carbocycles. The van der Waals surface area contributed by atoms with Crippen LogP contribution in [0.2, 0.25) is 0 Å². The molecule has 1 unspecified atom stereocenters. The van der Waals surface area contributed by atoms with Gasteiger partial charge in [0.1, 0.15) is 5.75 Å². The van der Waals surface area contributed by atoms with Crippen molar-refractivity contribution in [1.82, 2.24) is 0 Å². The molecule has 0 heterocycles. The van der Waals surface area contributed by atoms with E-state index in [2.05, 4.69) is 13.8 Å². The van der Waals surface area contributed by atoms with Crippen molar-refractivity contribution in [3.63, 3.8) is 0 Å². The van der Waals surface area contributed by atoms with E-state index in [1.165, 1.54) is 0 Å². The van der Waals surface area contributed by atoms with Gasteiger partial charge in [0.15, 0.2) is 0 Å². The van der Waals surface area contributed by atoms with Gasteiger partial charge < -0.3 is 15.2 Å². The van der Waals surface area contributed by atoms with Crippen molar-refractivity contribution in [2.24, 2.45) is 5.73 Å². The Bertz CT molecular complexity index is 336. The molecule has 3 nitrogen and oxygen atoms in total. The summed E-state index contributed by atoms with van der Waals surface area (Å²) in [4.78, 5) is 0. The summed E-state index contributed by atoms with van der Waals surface area (Å²) in [7, 11) is 1.74. The Kier molecular flexibility index (Phi) is 5.63. The molecule has 0 radical (unpaired) electrons. The Morgan fingerprint density at radius 2 is 1.67 bits per heavy atom. The summed E-state index contributed by atoms with van der Waals surface area (Å²) in [6, 6.07) is 7.85. The molecule has 1 aromatic carbocycles. The second-order valence-corrected chi connectivity index (χ2v) is 4.46. The largest absolute Gasteiger partial charge is 0.494 e. The van der Waals surface area contributed by atoms with Crippen LogP contribution in [0.15, 0.2) is 24.3 Å². The Hall–Kier alpha value is -1.06. The van der Waals surface area contributed by atoms with Crippen LogP contribution in [-0.4, -0.2) is 19.3 Å². The lowest BCUT2D eigenvalue weighted by atomic mass is 9.84. The molecule has 0 saturated heterocycles. The highest BCUT2D eigenvalue weighted by atomic mass is 16.5. The molecule has 0 spiro atoms. The summed E-state index contributed by atoms with van der Waals surface area (Å²) in [6.07, 6.45) is 1.79. The monoisotopic (exact) mass is 251 g/mol. The van der Waals surface area contributed by atoms with E-state index in [-0.39, 0.29) is 11.6 Å². The fourth-order valence-corrected chi connectivity index (χ4v) is 2.35. The first-order valence-electron chi connectivity index (χ1n) is 6.67. The maximum atomic E-state index is 6.36. The van der Waals surface area contributed by atoms with Crippen LogP contribution < -0.4 is 10.5 Å². The predicted molar refractivity (Wildman–Crippen MR) is 74.9 cm³/mol. The fraction of sp³-hybridized carbons (Fsp3) is 0.600. The van der Waals surface area contributed by atoms with Gasteiger partial charge in [0.05, 0.1) is 18.2 Å². The molecule has 0 aliphatic carbocycles. The maximum absolute atomic E-state index is 6.36. The van der Waals surface area contributed by atoms with Gasteiger partial charge in [0, 0.05) is 7.11 Å². The quantitative estimate of drug-likeness (QED) is 0.808. The van der Waals surface area contributed by atoms with Crippen molar-refractivity contribution in [2.75, 3.05) is 13.7 Å². The van der Waals surface area contributed by atoms with E-state index < -0.39 is 0 Å². The third-order valence-corrected chi connectivity index (χ3v) is 3.72. The molecule has 0 bridgehead atoms. The Balaban J connectivity index is 2.91. The number of rotatable bonds is 7. The molecular weight excluding hydrogens is 226 g/mol. The van der Waals surface area contributed by atoms with E-state index in [9.17, 15) is 0 Å². The van der Waals surface area contributed by atoms with Gasteiger partial charge in [-0.1, -0.05) is 26.0 Å².